The molecule has 0 spiro atoms. The average molecular weight is 330 g/mol. The number of fused-ring (bicyclic) bond motifs is 1. The van der Waals surface area contributed by atoms with E-state index >= 15 is 0 Å². The van der Waals surface area contributed by atoms with Gasteiger partial charge in [0.05, 0.1) is 27.5 Å². The zero-order valence-corrected chi connectivity index (χ0v) is 13.7. The first-order chi connectivity index (χ1) is 9.65. The van der Waals surface area contributed by atoms with Crippen LogP contribution >= 0.6 is 34.9 Å². The molecule has 0 amide bonds. The number of rotatable bonds is 2. The van der Waals surface area contributed by atoms with Crippen molar-refractivity contribution in [3.05, 3.63) is 16.1 Å². The maximum absolute atomic E-state index is 6.34. The van der Waals surface area contributed by atoms with Crippen LogP contribution in [-0.2, 0) is 0 Å². The number of halogens is 2. The lowest BCUT2D eigenvalue weighted by Gasteiger charge is -2.19. The number of hydrogen-bond donors (Lipinski definition) is 1. The van der Waals surface area contributed by atoms with E-state index in [-0.39, 0.29) is 0 Å². The Morgan fingerprint density at radius 1 is 1.10 bits per heavy atom. The Balaban J connectivity index is 1.88. The van der Waals surface area contributed by atoms with Crippen LogP contribution in [0.3, 0.4) is 0 Å². The smallest absolute Gasteiger partial charge is 0.130 e. The van der Waals surface area contributed by atoms with Gasteiger partial charge in [0.25, 0.3) is 0 Å². The third-order valence-electron chi connectivity index (χ3n) is 4.05. The van der Waals surface area contributed by atoms with Gasteiger partial charge in [-0.2, -0.15) is 8.75 Å². The van der Waals surface area contributed by atoms with Crippen molar-refractivity contribution in [1.29, 1.82) is 0 Å². The zero-order valence-electron chi connectivity index (χ0n) is 11.3. The Bertz CT molecular complexity index is 614. The zero-order chi connectivity index (χ0) is 14.1. The van der Waals surface area contributed by atoms with Crippen molar-refractivity contribution in [2.45, 2.75) is 45.1 Å². The summed E-state index contributed by atoms with van der Waals surface area (Å²) in [5.74, 6) is 0.823. The lowest BCUT2D eigenvalue weighted by atomic mass is 10.0. The predicted octanol–water partition coefficient (Wildman–Crippen LogP) is 5.38. The van der Waals surface area contributed by atoms with E-state index in [4.69, 9.17) is 23.2 Å². The van der Waals surface area contributed by atoms with Crippen molar-refractivity contribution >= 4 is 51.7 Å². The summed E-state index contributed by atoms with van der Waals surface area (Å²) < 4.78 is 8.59. The molecule has 3 nitrogen and oxygen atoms in total. The van der Waals surface area contributed by atoms with E-state index in [2.05, 4.69) is 21.0 Å². The van der Waals surface area contributed by atoms with Crippen molar-refractivity contribution in [3.8, 4) is 0 Å². The Morgan fingerprint density at radius 2 is 1.90 bits per heavy atom. The number of aromatic nitrogens is 2. The SMILES string of the molecule is CC1CCCC(Nc2c(Cl)cc(Cl)c3nsnc23)CC1. The van der Waals surface area contributed by atoms with Crippen LogP contribution in [0.1, 0.15) is 39.0 Å². The Kier molecular flexibility index (Phi) is 4.34. The molecule has 108 valence electrons. The summed E-state index contributed by atoms with van der Waals surface area (Å²) >= 11 is 13.7. The predicted molar refractivity (Wildman–Crippen MR) is 87.1 cm³/mol. The molecule has 1 fully saturated rings. The summed E-state index contributed by atoms with van der Waals surface area (Å²) in [6.07, 6.45) is 6.21. The molecule has 0 bridgehead atoms. The molecule has 3 rings (SSSR count). The first kappa shape index (κ1) is 14.4. The minimum absolute atomic E-state index is 0.462. The van der Waals surface area contributed by atoms with E-state index in [0.29, 0.717) is 16.1 Å². The van der Waals surface area contributed by atoms with Gasteiger partial charge in [-0.15, -0.1) is 0 Å². The van der Waals surface area contributed by atoms with Gasteiger partial charge in [-0.25, -0.2) is 0 Å². The van der Waals surface area contributed by atoms with E-state index in [1.54, 1.807) is 6.07 Å². The summed E-state index contributed by atoms with van der Waals surface area (Å²) in [4.78, 5) is 0. The van der Waals surface area contributed by atoms with Crippen LogP contribution < -0.4 is 5.32 Å². The van der Waals surface area contributed by atoms with Crippen LogP contribution in [-0.4, -0.2) is 14.8 Å². The molecule has 0 aliphatic heterocycles. The number of nitrogens with one attached hydrogen (secondary N) is 1. The second kappa shape index (κ2) is 6.04. The molecule has 2 aromatic rings. The highest BCUT2D eigenvalue weighted by Crippen LogP contribution is 2.36. The third-order valence-corrected chi connectivity index (χ3v) is 5.16. The first-order valence-corrected chi connectivity index (χ1v) is 8.50. The molecule has 0 saturated heterocycles. The maximum Gasteiger partial charge on any atom is 0.130 e. The van der Waals surface area contributed by atoms with Gasteiger partial charge in [-0.3, -0.25) is 0 Å². The first-order valence-electron chi connectivity index (χ1n) is 7.02. The lowest BCUT2D eigenvalue weighted by Crippen LogP contribution is -2.19. The van der Waals surface area contributed by atoms with Crippen LogP contribution in [0.2, 0.25) is 10.0 Å². The van der Waals surface area contributed by atoms with Crippen LogP contribution in [0.5, 0.6) is 0 Å². The fraction of sp³-hybridized carbons (Fsp3) is 0.571. The molecule has 2 atom stereocenters. The summed E-state index contributed by atoms with van der Waals surface area (Å²) in [7, 11) is 0. The summed E-state index contributed by atoms with van der Waals surface area (Å²) in [5.41, 5.74) is 2.43. The summed E-state index contributed by atoms with van der Waals surface area (Å²) in [5, 5.41) is 4.78. The Morgan fingerprint density at radius 3 is 2.75 bits per heavy atom. The minimum atomic E-state index is 0.462. The minimum Gasteiger partial charge on any atom is -0.379 e. The molecule has 0 radical (unpaired) electrons. The van der Waals surface area contributed by atoms with E-state index in [1.165, 1.54) is 43.8 Å². The van der Waals surface area contributed by atoms with Gasteiger partial charge in [0.1, 0.15) is 11.0 Å². The molecule has 1 aromatic heterocycles. The molecule has 1 N–H and O–H groups in total. The topological polar surface area (TPSA) is 37.8 Å². The van der Waals surface area contributed by atoms with Crippen molar-refractivity contribution in [1.82, 2.24) is 8.75 Å². The van der Waals surface area contributed by atoms with Gasteiger partial charge < -0.3 is 5.32 Å². The number of benzene rings is 1. The fourth-order valence-corrected chi connectivity index (χ4v) is 4.01. The summed E-state index contributed by atoms with van der Waals surface area (Å²) in [6.45, 7) is 2.33. The Labute approximate surface area is 133 Å². The normalized spacial score (nSPS) is 23.8. The second-order valence-corrected chi connectivity index (χ2v) is 6.97. The van der Waals surface area contributed by atoms with Gasteiger partial charge in [0.2, 0.25) is 0 Å². The fourth-order valence-electron chi connectivity index (χ4n) is 2.85. The molecular weight excluding hydrogens is 313 g/mol. The molecule has 1 aliphatic carbocycles. The highest BCUT2D eigenvalue weighted by molar-refractivity contribution is 7.00. The van der Waals surface area contributed by atoms with E-state index in [9.17, 15) is 0 Å². The standard InChI is InChI=1S/C14H17Cl2N3S/c1-8-3-2-4-9(6-5-8)17-12-10(15)7-11(16)13-14(12)19-20-18-13/h7-9,17H,2-6H2,1H3. The van der Waals surface area contributed by atoms with Crippen molar-refractivity contribution in [3.63, 3.8) is 0 Å². The van der Waals surface area contributed by atoms with Crippen LogP contribution in [0.15, 0.2) is 6.07 Å². The molecule has 6 heteroatoms. The average Bonchev–Trinajstić information content (AvgIpc) is 2.81. The molecule has 1 heterocycles. The van der Waals surface area contributed by atoms with Crippen molar-refractivity contribution in [2.24, 2.45) is 5.92 Å². The van der Waals surface area contributed by atoms with E-state index < -0.39 is 0 Å². The molecule has 1 aromatic carbocycles. The monoisotopic (exact) mass is 329 g/mol. The Hall–Kier alpha value is -0.580. The molecular formula is C14H17Cl2N3S. The van der Waals surface area contributed by atoms with Crippen LogP contribution in [0.25, 0.3) is 11.0 Å². The largest absolute Gasteiger partial charge is 0.379 e. The van der Waals surface area contributed by atoms with Gasteiger partial charge in [0.15, 0.2) is 0 Å². The van der Waals surface area contributed by atoms with Crippen LogP contribution in [0.4, 0.5) is 5.69 Å². The van der Waals surface area contributed by atoms with Gasteiger partial charge in [-0.1, -0.05) is 43.0 Å². The van der Waals surface area contributed by atoms with Gasteiger partial charge in [0, 0.05) is 6.04 Å². The number of anilines is 1. The highest BCUT2D eigenvalue weighted by atomic mass is 35.5. The van der Waals surface area contributed by atoms with Gasteiger partial charge >= 0.3 is 0 Å². The van der Waals surface area contributed by atoms with Gasteiger partial charge in [-0.05, 0) is 31.2 Å². The second-order valence-electron chi connectivity index (χ2n) is 5.63. The summed E-state index contributed by atoms with van der Waals surface area (Å²) in [6, 6.07) is 2.22. The van der Waals surface area contributed by atoms with Crippen LogP contribution in [0, 0.1) is 5.92 Å². The number of hydrogen-bond acceptors (Lipinski definition) is 4. The number of nitrogens with zero attached hydrogens (tertiary/aromatic N) is 2. The van der Waals surface area contributed by atoms with Crippen molar-refractivity contribution < 1.29 is 0 Å². The molecule has 2 unspecified atom stereocenters. The highest BCUT2D eigenvalue weighted by Gasteiger charge is 2.20. The van der Waals surface area contributed by atoms with Crippen molar-refractivity contribution in [2.75, 3.05) is 5.32 Å². The maximum atomic E-state index is 6.34. The molecule has 1 aliphatic rings. The van der Waals surface area contributed by atoms with E-state index in [1.807, 2.05) is 0 Å². The quantitative estimate of drug-likeness (QED) is 0.751. The third kappa shape index (κ3) is 2.87. The lowest BCUT2D eigenvalue weighted by molar-refractivity contribution is 0.502. The molecule has 20 heavy (non-hydrogen) atoms. The van der Waals surface area contributed by atoms with E-state index in [0.717, 1.165) is 22.6 Å². The molecule has 1 saturated carbocycles.